The van der Waals surface area contributed by atoms with Crippen molar-refractivity contribution in [1.29, 1.82) is 0 Å². The predicted octanol–water partition coefficient (Wildman–Crippen LogP) is 4.71. The monoisotopic (exact) mass is 519 g/mol. The fraction of sp³-hybridized carbons (Fsp3) is 0.370. The molecule has 0 aliphatic carbocycles. The zero-order valence-electron chi connectivity index (χ0n) is 21.1. The summed E-state index contributed by atoms with van der Waals surface area (Å²) in [6.07, 6.45) is 1.57. The van der Waals surface area contributed by atoms with Crippen LogP contribution in [0.2, 0.25) is 0 Å². The number of fused-ring (bicyclic) bond motifs is 1. The van der Waals surface area contributed by atoms with Crippen LogP contribution in [0.3, 0.4) is 0 Å². The molecule has 1 aromatic carbocycles. The van der Waals surface area contributed by atoms with E-state index in [1.807, 2.05) is 36.1 Å². The number of anilines is 1. The summed E-state index contributed by atoms with van der Waals surface area (Å²) < 4.78 is 11.3. The van der Waals surface area contributed by atoms with Gasteiger partial charge in [0.15, 0.2) is 0 Å². The maximum Gasteiger partial charge on any atom is 0.310 e. The number of pyridine rings is 1. The van der Waals surface area contributed by atoms with E-state index < -0.39 is 0 Å². The topological polar surface area (TPSA) is 102 Å². The number of thiophene rings is 1. The number of aryl methyl sites for hydroxylation is 1. The van der Waals surface area contributed by atoms with Crippen LogP contribution in [-0.4, -0.2) is 58.8 Å². The van der Waals surface area contributed by atoms with Gasteiger partial charge >= 0.3 is 5.97 Å². The van der Waals surface area contributed by atoms with Crippen molar-refractivity contribution in [1.82, 2.24) is 20.2 Å². The Kier molecular flexibility index (Phi) is 7.18. The number of piperidine rings is 1. The number of aromatic nitrogens is 3. The number of ether oxygens (including phenoxy) is 1. The van der Waals surface area contributed by atoms with Gasteiger partial charge in [-0.25, -0.2) is 9.61 Å². The molecule has 1 atom stereocenters. The first-order chi connectivity index (χ1) is 17.9. The highest BCUT2D eigenvalue weighted by atomic mass is 32.1. The minimum absolute atomic E-state index is 0.189. The number of amides is 1. The second-order valence-corrected chi connectivity index (χ2v) is 10.3. The first kappa shape index (κ1) is 24.9. The molecule has 37 heavy (non-hydrogen) atoms. The summed E-state index contributed by atoms with van der Waals surface area (Å²) in [5.41, 5.74) is 2.52. The molecule has 1 fully saturated rings. The second kappa shape index (κ2) is 10.7. The zero-order chi connectivity index (χ0) is 25.9. The maximum absolute atomic E-state index is 13.6. The summed E-state index contributed by atoms with van der Waals surface area (Å²) >= 11 is 1.67. The van der Waals surface area contributed by atoms with Crippen molar-refractivity contribution >= 4 is 39.1 Å². The summed E-state index contributed by atoms with van der Waals surface area (Å²) in [5.74, 6) is -0.0678. The van der Waals surface area contributed by atoms with Crippen LogP contribution in [0.25, 0.3) is 20.7 Å². The molecule has 0 bridgehead atoms. The Morgan fingerprint density at radius 2 is 2.05 bits per heavy atom. The van der Waals surface area contributed by atoms with Gasteiger partial charge in [-0.3, -0.25) is 9.59 Å². The number of benzene rings is 1. The van der Waals surface area contributed by atoms with E-state index >= 15 is 0 Å². The number of hydrogen-bond acceptors (Lipinski definition) is 9. The van der Waals surface area contributed by atoms with Crippen LogP contribution in [-0.2, 0) is 16.1 Å². The average Bonchev–Trinajstić information content (AvgIpc) is 3.54. The van der Waals surface area contributed by atoms with E-state index in [1.54, 1.807) is 30.2 Å². The molecule has 0 spiro atoms. The molecule has 192 valence electrons. The van der Waals surface area contributed by atoms with E-state index in [0.717, 1.165) is 28.8 Å². The number of hydrogen-bond donors (Lipinski definition) is 0. The molecule has 1 aliphatic heterocycles. The minimum atomic E-state index is -0.256. The molecule has 0 N–H and O–H groups in total. The molecule has 3 aromatic heterocycles. The minimum Gasteiger partial charge on any atom is -0.466 e. The van der Waals surface area contributed by atoms with Crippen molar-refractivity contribution in [2.75, 3.05) is 31.6 Å². The Morgan fingerprint density at radius 3 is 2.81 bits per heavy atom. The third-order valence-corrected chi connectivity index (χ3v) is 7.74. The SMILES string of the molecule is CCOC(=O)[C@@H]1CCCN(c2nc(-c3cc4ccccc4s3)ccc2C(=O)N(C)Cc2nonc2C)C1. The summed E-state index contributed by atoms with van der Waals surface area (Å²) in [7, 11) is 1.72. The highest BCUT2D eigenvalue weighted by Crippen LogP contribution is 2.35. The van der Waals surface area contributed by atoms with Gasteiger partial charge in [0.25, 0.3) is 5.91 Å². The number of rotatable bonds is 7. The Bertz CT molecular complexity index is 1400. The Hall–Kier alpha value is -3.79. The van der Waals surface area contributed by atoms with E-state index in [0.29, 0.717) is 42.5 Å². The van der Waals surface area contributed by atoms with Gasteiger partial charge in [0.2, 0.25) is 0 Å². The number of carbonyl (C=O) groups is 2. The smallest absolute Gasteiger partial charge is 0.310 e. The Labute approximate surface area is 219 Å². The van der Waals surface area contributed by atoms with Crippen LogP contribution >= 0.6 is 11.3 Å². The number of esters is 1. The van der Waals surface area contributed by atoms with E-state index in [-0.39, 0.29) is 24.3 Å². The van der Waals surface area contributed by atoms with E-state index in [9.17, 15) is 9.59 Å². The van der Waals surface area contributed by atoms with Crippen molar-refractivity contribution in [3.8, 4) is 10.6 Å². The summed E-state index contributed by atoms with van der Waals surface area (Å²) in [5, 5.41) is 8.87. The highest BCUT2D eigenvalue weighted by molar-refractivity contribution is 7.22. The van der Waals surface area contributed by atoms with Crippen LogP contribution in [0.1, 0.15) is 41.5 Å². The van der Waals surface area contributed by atoms with Crippen molar-refractivity contribution in [2.24, 2.45) is 5.92 Å². The summed E-state index contributed by atoms with van der Waals surface area (Å²) in [6, 6.07) is 14.1. The lowest BCUT2D eigenvalue weighted by molar-refractivity contribution is -0.148. The van der Waals surface area contributed by atoms with Crippen LogP contribution in [0, 0.1) is 12.8 Å². The lowest BCUT2D eigenvalue weighted by Gasteiger charge is -2.34. The van der Waals surface area contributed by atoms with Gasteiger partial charge in [-0.05, 0) is 56.3 Å². The normalized spacial score (nSPS) is 15.6. The first-order valence-electron chi connectivity index (χ1n) is 12.4. The van der Waals surface area contributed by atoms with Crippen molar-refractivity contribution in [2.45, 2.75) is 33.2 Å². The van der Waals surface area contributed by atoms with Crippen molar-refractivity contribution in [3.05, 3.63) is 59.4 Å². The molecular formula is C27H29N5O4S. The zero-order valence-corrected chi connectivity index (χ0v) is 22.0. The molecule has 10 heteroatoms. The van der Waals surface area contributed by atoms with E-state index in [4.69, 9.17) is 14.3 Å². The lowest BCUT2D eigenvalue weighted by Crippen LogP contribution is -2.41. The van der Waals surface area contributed by atoms with Gasteiger partial charge < -0.3 is 14.5 Å². The summed E-state index contributed by atoms with van der Waals surface area (Å²) in [4.78, 5) is 35.8. The lowest BCUT2D eigenvalue weighted by atomic mass is 9.97. The van der Waals surface area contributed by atoms with Gasteiger partial charge in [-0.2, -0.15) is 0 Å². The third-order valence-electron chi connectivity index (χ3n) is 6.60. The molecule has 0 unspecified atom stereocenters. The molecule has 9 nitrogen and oxygen atoms in total. The molecule has 5 rings (SSSR count). The maximum atomic E-state index is 13.6. The summed E-state index contributed by atoms with van der Waals surface area (Å²) in [6.45, 7) is 5.37. The van der Waals surface area contributed by atoms with E-state index in [1.165, 1.54) is 4.70 Å². The van der Waals surface area contributed by atoms with Crippen LogP contribution < -0.4 is 4.90 Å². The Morgan fingerprint density at radius 1 is 1.22 bits per heavy atom. The molecular weight excluding hydrogens is 490 g/mol. The largest absolute Gasteiger partial charge is 0.466 e. The van der Waals surface area contributed by atoms with Gasteiger partial charge in [0.05, 0.1) is 35.2 Å². The van der Waals surface area contributed by atoms with Crippen LogP contribution in [0.15, 0.2) is 47.1 Å². The number of carbonyl (C=O) groups excluding carboxylic acids is 2. The van der Waals surface area contributed by atoms with Gasteiger partial charge in [0.1, 0.15) is 17.2 Å². The fourth-order valence-electron chi connectivity index (χ4n) is 4.62. The van der Waals surface area contributed by atoms with Gasteiger partial charge in [0, 0.05) is 24.8 Å². The van der Waals surface area contributed by atoms with Gasteiger partial charge in [-0.15, -0.1) is 11.3 Å². The molecule has 4 heterocycles. The standard InChI is InChI=1S/C27H29N5O4S/c1-4-35-27(34)19-9-7-13-32(15-19)25-20(26(33)31(3)16-22-17(2)29-36-30-22)11-12-21(28-25)24-14-18-8-5-6-10-23(18)37-24/h5-6,8,10-12,14,19H,4,7,9,13,15-16H2,1-3H3/t19-/m1/s1. The number of nitrogens with zero attached hydrogens (tertiary/aromatic N) is 5. The average molecular weight is 520 g/mol. The molecule has 1 aliphatic rings. The van der Waals surface area contributed by atoms with E-state index in [2.05, 4.69) is 28.5 Å². The van der Waals surface area contributed by atoms with Crippen LogP contribution in [0.5, 0.6) is 0 Å². The molecule has 0 saturated carbocycles. The molecule has 1 amide bonds. The second-order valence-electron chi connectivity index (χ2n) is 9.21. The quantitative estimate of drug-likeness (QED) is 0.324. The molecule has 4 aromatic rings. The van der Waals surface area contributed by atoms with Crippen molar-refractivity contribution in [3.63, 3.8) is 0 Å². The van der Waals surface area contributed by atoms with Gasteiger partial charge in [-0.1, -0.05) is 28.5 Å². The highest BCUT2D eigenvalue weighted by Gasteiger charge is 2.31. The van der Waals surface area contributed by atoms with Crippen molar-refractivity contribution < 1.29 is 19.0 Å². The fourth-order valence-corrected chi connectivity index (χ4v) is 5.65. The Balaban J connectivity index is 1.51. The van der Waals surface area contributed by atoms with Crippen LogP contribution in [0.4, 0.5) is 5.82 Å². The predicted molar refractivity (Wildman–Crippen MR) is 141 cm³/mol. The molecule has 1 saturated heterocycles. The third kappa shape index (κ3) is 5.20. The first-order valence-corrected chi connectivity index (χ1v) is 13.2. The molecule has 0 radical (unpaired) electrons.